The second-order valence-corrected chi connectivity index (χ2v) is 13.5. The lowest BCUT2D eigenvalue weighted by Crippen LogP contribution is -2.47. The highest BCUT2D eigenvalue weighted by atomic mass is 32.2. The maximum Gasteiger partial charge on any atom is 0.271 e. The molecular weight excluding hydrogens is 566 g/mol. The van der Waals surface area contributed by atoms with E-state index in [1.54, 1.807) is 34.5 Å². The molecule has 1 amide bonds. The van der Waals surface area contributed by atoms with Crippen LogP contribution in [0.1, 0.15) is 25.0 Å². The number of amides is 1. The third-order valence-electron chi connectivity index (χ3n) is 7.31. The molecule has 10 nitrogen and oxygen atoms in total. The summed E-state index contributed by atoms with van der Waals surface area (Å²) in [6.45, 7) is 5.54. The number of carbonyl (C=O) groups excluding carboxylic acids is 1. The van der Waals surface area contributed by atoms with Crippen LogP contribution in [0.4, 0.5) is 5.69 Å². The molecule has 2 aromatic carbocycles. The fourth-order valence-corrected chi connectivity index (χ4v) is 7.10. The molecule has 0 spiro atoms. The molecule has 41 heavy (non-hydrogen) atoms. The van der Waals surface area contributed by atoms with Gasteiger partial charge in [-0.15, -0.1) is 11.3 Å². The first-order valence-electron chi connectivity index (χ1n) is 13.5. The van der Waals surface area contributed by atoms with Crippen molar-refractivity contribution in [1.82, 2.24) is 9.80 Å². The number of benzene rings is 2. The number of thiophene rings is 1. The molecule has 12 heteroatoms. The zero-order chi connectivity index (χ0) is 29.1. The molecule has 220 valence electrons. The van der Waals surface area contributed by atoms with Crippen LogP contribution in [-0.4, -0.2) is 74.9 Å². The van der Waals surface area contributed by atoms with E-state index in [1.165, 1.54) is 6.07 Å². The topological polar surface area (TPSA) is 118 Å². The number of hydrogen-bond acceptors (Lipinski definition) is 9. The first-order valence-corrected chi connectivity index (χ1v) is 15.8. The third-order valence-corrected chi connectivity index (χ3v) is 10.1. The zero-order valence-corrected chi connectivity index (χ0v) is 24.9. The van der Waals surface area contributed by atoms with Gasteiger partial charge in [0.05, 0.1) is 19.1 Å². The van der Waals surface area contributed by atoms with Gasteiger partial charge in [-0.25, -0.2) is 8.42 Å². The Hall–Kier alpha value is -3.32. The van der Waals surface area contributed by atoms with Crippen LogP contribution in [0.5, 0.6) is 17.2 Å². The Bertz CT molecular complexity index is 1480. The van der Waals surface area contributed by atoms with E-state index in [1.807, 2.05) is 39.1 Å². The van der Waals surface area contributed by atoms with Crippen molar-refractivity contribution in [3.8, 4) is 17.2 Å². The van der Waals surface area contributed by atoms with Gasteiger partial charge in [0.2, 0.25) is 12.7 Å². The molecule has 3 heterocycles. The minimum absolute atomic E-state index is 0.0146. The minimum atomic E-state index is -3.75. The van der Waals surface area contributed by atoms with E-state index in [0.717, 1.165) is 28.4 Å². The Morgan fingerprint density at radius 1 is 1.15 bits per heavy atom. The van der Waals surface area contributed by atoms with Gasteiger partial charge in [0, 0.05) is 36.8 Å². The van der Waals surface area contributed by atoms with Gasteiger partial charge in [-0.1, -0.05) is 19.1 Å². The molecular formula is C29H35N3O7S2. The molecule has 0 fully saturated rings. The lowest BCUT2D eigenvalue weighted by molar-refractivity contribution is -0.134. The van der Waals surface area contributed by atoms with E-state index >= 15 is 0 Å². The lowest BCUT2D eigenvalue weighted by atomic mass is 10.0. The van der Waals surface area contributed by atoms with Crippen molar-refractivity contribution in [3.63, 3.8) is 0 Å². The number of carbonyl (C=O) groups is 1. The van der Waals surface area contributed by atoms with E-state index in [9.17, 15) is 18.3 Å². The number of nitrogens with one attached hydrogen (secondary N) is 1. The Morgan fingerprint density at radius 2 is 1.93 bits per heavy atom. The van der Waals surface area contributed by atoms with Crippen molar-refractivity contribution >= 4 is 33.0 Å². The molecule has 0 bridgehead atoms. The van der Waals surface area contributed by atoms with E-state index in [0.29, 0.717) is 36.6 Å². The maximum atomic E-state index is 13.5. The molecule has 2 aliphatic heterocycles. The first-order chi connectivity index (χ1) is 19.6. The summed E-state index contributed by atoms with van der Waals surface area (Å²) in [6, 6.07) is 13.8. The average Bonchev–Trinajstić information content (AvgIpc) is 3.64. The van der Waals surface area contributed by atoms with Crippen LogP contribution in [0.25, 0.3) is 0 Å². The number of aliphatic hydroxyl groups is 1. The molecule has 3 atom stereocenters. The molecule has 2 aliphatic rings. The molecule has 0 radical (unpaired) electrons. The Kier molecular flexibility index (Phi) is 8.74. The number of hydrogen-bond donors (Lipinski definition) is 2. The molecule has 0 unspecified atom stereocenters. The highest BCUT2D eigenvalue weighted by Crippen LogP contribution is 2.33. The van der Waals surface area contributed by atoms with Crippen molar-refractivity contribution < 1.29 is 32.5 Å². The van der Waals surface area contributed by atoms with Gasteiger partial charge in [0.1, 0.15) is 16.1 Å². The average molecular weight is 602 g/mol. The number of nitrogens with zero attached hydrogens (tertiary/aromatic N) is 2. The Balaban J connectivity index is 1.40. The van der Waals surface area contributed by atoms with Crippen LogP contribution in [0.15, 0.2) is 58.1 Å². The number of fused-ring (bicyclic) bond motifs is 2. The van der Waals surface area contributed by atoms with Crippen LogP contribution in [0, 0.1) is 5.92 Å². The van der Waals surface area contributed by atoms with E-state index in [2.05, 4.69) is 9.62 Å². The van der Waals surface area contributed by atoms with Gasteiger partial charge in [0.25, 0.3) is 10.0 Å². The van der Waals surface area contributed by atoms with Crippen molar-refractivity contribution in [3.05, 3.63) is 65.0 Å². The van der Waals surface area contributed by atoms with Crippen LogP contribution in [0.3, 0.4) is 0 Å². The number of rotatable bonds is 9. The van der Waals surface area contributed by atoms with Gasteiger partial charge in [-0.3, -0.25) is 14.4 Å². The van der Waals surface area contributed by atoms with E-state index in [-0.39, 0.29) is 48.0 Å². The zero-order valence-electron chi connectivity index (χ0n) is 23.3. The molecule has 5 rings (SSSR count). The Labute approximate surface area is 244 Å². The summed E-state index contributed by atoms with van der Waals surface area (Å²) in [5.74, 6) is 1.78. The minimum Gasteiger partial charge on any atom is -0.488 e. The fraction of sp³-hybridized carbons (Fsp3) is 0.414. The summed E-state index contributed by atoms with van der Waals surface area (Å²) in [5, 5.41) is 11.6. The second-order valence-electron chi connectivity index (χ2n) is 10.6. The lowest BCUT2D eigenvalue weighted by Gasteiger charge is -2.34. The molecule has 2 N–H and O–H groups in total. The summed E-state index contributed by atoms with van der Waals surface area (Å²) in [6.07, 6.45) is -0.276. The van der Waals surface area contributed by atoms with Crippen LogP contribution < -0.4 is 18.9 Å². The van der Waals surface area contributed by atoms with Crippen molar-refractivity contribution in [1.29, 1.82) is 0 Å². The van der Waals surface area contributed by atoms with Crippen LogP contribution in [-0.2, 0) is 27.8 Å². The SMILES string of the molecule is C[C@@H]1CN([C@@H](C)CO)C(=O)Cc2cc(NS(=O)(=O)c3cccs3)ccc2O[C@H]1CN(C)Cc1ccc2c(c1)OCO2. The predicted molar refractivity (Wildman–Crippen MR) is 156 cm³/mol. The van der Waals surface area contributed by atoms with Crippen molar-refractivity contribution in [2.75, 3.05) is 38.3 Å². The highest BCUT2D eigenvalue weighted by molar-refractivity contribution is 7.94. The second kappa shape index (κ2) is 12.3. The number of anilines is 1. The third kappa shape index (κ3) is 6.78. The van der Waals surface area contributed by atoms with Crippen molar-refractivity contribution in [2.45, 2.75) is 43.2 Å². The van der Waals surface area contributed by atoms with E-state index in [4.69, 9.17) is 14.2 Å². The summed E-state index contributed by atoms with van der Waals surface area (Å²) < 4.78 is 46.0. The van der Waals surface area contributed by atoms with E-state index < -0.39 is 10.0 Å². The quantitative estimate of drug-likeness (QED) is 0.383. The molecule has 3 aromatic rings. The summed E-state index contributed by atoms with van der Waals surface area (Å²) >= 11 is 1.13. The summed E-state index contributed by atoms with van der Waals surface area (Å²) in [5.41, 5.74) is 1.99. The van der Waals surface area contributed by atoms with Gasteiger partial charge < -0.3 is 24.2 Å². The monoisotopic (exact) mass is 601 g/mol. The van der Waals surface area contributed by atoms with Gasteiger partial charge >= 0.3 is 0 Å². The smallest absolute Gasteiger partial charge is 0.271 e. The van der Waals surface area contributed by atoms with Crippen molar-refractivity contribution in [2.24, 2.45) is 5.92 Å². The van der Waals surface area contributed by atoms with Gasteiger partial charge in [-0.05, 0) is 61.3 Å². The number of sulfonamides is 1. The molecule has 0 saturated carbocycles. The van der Waals surface area contributed by atoms with Gasteiger partial charge in [0.15, 0.2) is 11.5 Å². The molecule has 0 saturated heterocycles. The van der Waals surface area contributed by atoms with Crippen LogP contribution >= 0.6 is 11.3 Å². The normalized spacial score (nSPS) is 19.6. The maximum absolute atomic E-state index is 13.5. The first kappa shape index (κ1) is 29.2. The molecule has 1 aromatic heterocycles. The summed E-state index contributed by atoms with van der Waals surface area (Å²) in [4.78, 5) is 17.3. The number of likely N-dealkylation sites (N-methyl/N-ethyl adjacent to an activating group) is 1. The highest BCUT2D eigenvalue weighted by Gasteiger charge is 2.31. The Morgan fingerprint density at radius 3 is 2.68 bits per heavy atom. The standard InChI is InChI=1S/C29H35N3O7S2/c1-19-14-32(20(2)17-33)28(34)13-22-12-23(30-41(35,36)29-5-4-10-40-29)7-9-24(22)39-27(19)16-31(3)15-21-6-8-25-26(11-21)38-18-37-25/h4-12,19-20,27,30,33H,13-18H2,1-3H3/t19-,20+,27+/m1/s1. The van der Waals surface area contributed by atoms with Crippen LogP contribution in [0.2, 0.25) is 0 Å². The fourth-order valence-electron chi connectivity index (χ4n) is 5.06. The van der Waals surface area contributed by atoms with Gasteiger partial charge in [-0.2, -0.15) is 0 Å². The number of ether oxygens (including phenoxy) is 3. The summed E-state index contributed by atoms with van der Waals surface area (Å²) in [7, 11) is -1.75. The number of aliphatic hydroxyl groups excluding tert-OH is 1. The largest absolute Gasteiger partial charge is 0.488 e. The molecule has 0 aliphatic carbocycles. The predicted octanol–water partition coefficient (Wildman–Crippen LogP) is 3.56.